The van der Waals surface area contributed by atoms with Crippen LogP contribution in [-0.2, 0) is 9.84 Å². The molecule has 0 aliphatic carbocycles. The number of nitrogens with zero attached hydrogens (tertiary/aromatic N) is 2. The summed E-state index contributed by atoms with van der Waals surface area (Å²) in [6.07, 6.45) is 8.55. The molecule has 8 nitrogen and oxygen atoms in total. The molecule has 31 heavy (non-hydrogen) atoms. The fourth-order valence-corrected chi connectivity index (χ4v) is 4.74. The van der Waals surface area contributed by atoms with E-state index in [0.29, 0.717) is 25.9 Å². The van der Waals surface area contributed by atoms with E-state index in [0.717, 1.165) is 33.9 Å². The summed E-state index contributed by atoms with van der Waals surface area (Å²) in [5.41, 5.74) is 3.89. The Balaban J connectivity index is 1.82. The highest BCUT2D eigenvalue weighted by molar-refractivity contribution is 7.91. The second-order valence-corrected chi connectivity index (χ2v) is 9.85. The zero-order chi connectivity index (χ0) is 22.4. The van der Waals surface area contributed by atoms with Crippen LogP contribution in [0.5, 0.6) is 0 Å². The van der Waals surface area contributed by atoms with Crippen LogP contribution in [0, 0.1) is 10.8 Å². The van der Waals surface area contributed by atoms with Gasteiger partial charge in [0, 0.05) is 79.8 Å². The predicted molar refractivity (Wildman–Crippen MR) is 128 cm³/mol. The third kappa shape index (κ3) is 5.49. The van der Waals surface area contributed by atoms with Crippen LogP contribution in [-0.4, -0.2) is 57.5 Å². The van der Waals surface area contributed by atoms with Gasteiger partial charge in [0.15, 0.2) is 0 Å². The quantitative estimate of drug-likeness (QED) is 0.468. The standard InChI is InChI=1S/C22H28N6O2S/c1-25-15-18(14-24)16-3-4-17(13-23)21(11-16)27-19-5-8-26-22(12-19)28-9-6-20(7-10-28)31(2,29)30/h3-5,8,11-15,20,23-25H,6-7,9-10H2,1-2H3,(H,26,27)/b18-15+,23-13?,24-14?. The Hall–Kier alpha value is -3.20. The first-order valence-corrected chi connectivity index (χ1v) is 12.0. The highest BCUT2D eigenvalue weighted by Crippen LogP contribution is 2.27. The van der Waals surface area contributed by atoms with Gasteiger partial charge < -0.3 is 26.4 Å². The van der Waals surface area contributed by atoms with Gasteiger partial charge in [-0.3, -0.25) is 0 Å². The van der Waals surface area contributed by atoms with E-state index in [4.69, 9.17) is 10.8 Å². The number of rotatable bonds is 8. The molecule has 164 valence electrons. The van der Waals surface area contributed by atoms with Gasteiger partial charge in [0.25, 0.3) is 0 Å². The van der Waals surface area contributed by atoms with E-state index in [9.17, 15) is 8.42 Å². The average Bonchev–Trinajstić information content (AvgIpc) is 2.77. The lowest BCUT2D eigenvalue weighted by Crippen LogP contribution is -2.39. The Bertz CT molecular complexity index is 1090. The van der Waals surface area contributed by atoms with Crippen molar-refractivity contribution in [2.45, 2.75) is 18.1 Å². The number of sulfone groups is 1. The van der Waals surface area contributed by atoms with E-state index in [1.165, 1.54) is 18.7 Å². The molecular formula is C22H28N6O2S. The molecule has 1 fully saturated rings. The second-order valence-electron chi connectivity index (χ2n) is 7.52. The van der Waals surface area contributed by atoms with Crippen LogP contribution < -0.4 is 15.5 Å². The maximum Gasteiger partial charge on any atom is 0.150 e. The summed E-state index contributed by atoms with van der Waals surface area (Å²) in [5.74, 6) is 0.791. The molecule has 0 atom stereocenters. The second kappa shape index (κ2) is 9.74. The number of allylic oxidation sites excluding steroid dienone is 1. The molecule has 1 aliphatic rings. The van der Waals surface area contributed by atoms with Crippen molar-refractivity contribution in [2.24, 2.45) is 0 Å². The highest BCUT2D eigenvalue weighted by atomic mass is 32.2. The molecule has 1 saturated heterocycles. The summed E-state index contributed by atoms with van der Waals surface area (Å²) >= 11 is 0. The van der Waals surface area contributed by atoms with Gasteiger partial charge in [-0.2, -0.15) is 0 Å². The van der Waals surface area contributed by atoms with Crippen molar-refractivity contribution in [1.29, 1.82) is 10.8 Å². The van der Waals surface area contributed by atoms with Gasteiger partial charge in [-0.05, 0) is 30.5 Å². The predicted octanol–water partition coefficient (Wildman–Crippen LogP) is 3.05. The maximum absolute atomic E-state index is 11.8. The van der Waals surface area contributed by atoms with Gasteiger partial charge in [-0.25, -0.2) is 13.4 Å². The fourth-order valence-electron chi connectivity index (χ4n) is 3.67. The van der Waals surface area contributed by atoms with E-state index >= 15 is 0 Å². The summed E-state index contributed by atoms with van der Waals surface area (Å²) in [6, 6.07) is 9.42. The molecule has 0 radical (unpaired) electrons. The van der Waals surface area contributed by atoms with Crippen LogP contribution in [0.3, 0.4) is 0 Å². The van der Waals surface area contributed by atoms with E-state index in [1.54, 1.807) is 19.4 Å². The molecule has 0 amide bonds. The number of hydrogen-bond acceptors (Lipinski definition) is 8. The van der Waals surface area contributed by atoms with Gasteiger partial charge in [0.1, 0.15) is 15.7 Å². The molecule has 1 aromatic heterocycles. The summed E-state index contributed by atoms with van der Waals surface area (Å²) in [4.78, 5) is 6.56. The Kier molecular flexibility index (Phi) is 7.06. The van der Waals surface area contributed by atoms with E-state index in [2.05, 4.69) is 20.5 Å². The van der Waals surface area contributed by atoms with Crippen molar-refractivity contribution in [2.75, 3.05) is 36.6 Å². The molecular weight excluding hydrogens is 412 g/mol. The minimum atomic E-state index is -3.01. The Morgan fingerprint density at radius 3 is 2.55 bits per heavy atom. The highest BCUT2D eigenvalue weighted by Gasteiger charge is 2.27. The van der Waals surface area contributed by atoms with Crippen molar-refractivity contribution in [3.63, 3.8) is 0 Å². The van der Waals surface area contributed by atoms with Crippen molar-refractivity contribution in [3.8, 4) is 0 Å². The van der Waals surface area contributed by atoms with Gasteiger partial charge in [0.2, 0.25) is 0 Å². The van der Waals surface area contributed by atoms with Crippen LogP contribution in [0.1, 0.15) is 24.0 Å². The largest absolute Gasteiger partial charge is 0.393 e. The Morgan fingerprint density at radius 1 is 1.19 bits per heavy atom. The number of anilines is 3. The number of hydrogen-bond donors (Lipinski definition) is 4. The van der Waals surface area contributed by atoms with Crippen LogP contribution in [0.4, 0.5) is 17.2 Å². The first-order valence-electron chi connectivity index (χ1n) is 10.1. The molecule has 0 unspecified atom stereocenters. The molecule has 9 heteroatoms. The minimum absolute atomic E-state index is 0.281. The van der Waals surface area contributed by atoms with E-state index in [-0.39, 0.29) is 5.25 Å². The summed E-state index contributed by atoms with van der Waals surface area (Å²) in [5, 5.41) is 21.4. The Morgan fingerprint density at radius 2 is 1.94 bits per heavy atom. The Labute approximate surface area is 183 Å². The van der Waals surface area contributed by atoms with Crippen molar-refractivity contribution in [3.05, 3.63) is 53.9 Å². The average molecular weight is 441 g/mol. The maximum atomic E-state index is 11.8. The molecule has 2 aromatic rings. The number of pyridine rings is 1. The zero-order valence-electron chi connectivity index (χ0n) is 17.7. The molecule has 0 saturated carbocycles. The third-order valence-electron chi connectivity index (χ3n) is 5.39. The lowest BCUT2D eigenvalue weighted by atomic mass is 10.0. The third-order valence-corrected chi connectivity index (χ3v) is 7.08. The number of aromatic nitrogens is 1. The van der Waals surface area contributed by atoms with Crippen molar-refractivity contribution >= 4 is 45.0 Å². The van der Waals surface area contributed by atoms with Crippen molar-refractivity contribution < 1.29 is 8.42 Å². The molecule has 1 aromatic carbocycles. The zero-order valence-corrected chi connectivity index (χ0v) is 18.5. The topological polar surface area (TPSA) is 122 Å². The number of nitrogens with one attached hydrogen (secondary N) is 4. The van der Waals surface area contributed by atoms with E-state index < -0.39 is 9.84 Å². The first-order chi connectivity index (χ1) is 14.9. The van der Waals surface area contributed by atoms with Gasteiger partial charge in [-0.15, -0.1) is 0 Å². The van der Waals surface area contributed by atoms with Gasteiger partial charge >= 0.3 is 0 Å². The summed E-state index contributed by atoms with van der Waals surface area (Å²) < 4.78 is 23.6. The molecule has 0 spiro atoms. The normalized spacial score (nSPS) is 15.4. The number of benzene rings is 1. The molecule has 2 heterocycles. The number of piperidine rings is 1. The van der Waals surface area contributed by atoms with Crippen LogP contribution in [0.15, 0.2) is 42.7 Å². The van der Waals surface area contributed by atoms with Crippen LogP contribution in [0.2, 0.25) is 0 Å². The lowest BCUT2D eigenvalue weighted by molar-refractivity contribution is 0.532. The van der Waals surface area contributed by atoms with E-state index in [1.807, 2.05) is 30.3 Å². The van der Waals surface area contributed by atoms with Crippen LogP contribution in [0.25, 0.3) is 5.57 Å². The van der Waals surface area contributed by atoms with Gasteiger partial charge in [-0.1, -0.05) is 12.1 Å². The smallest absolute Gasteiger partial charge is 0.150 e. The summed E-state index contributed by atoms with van der Waals surface area (Å²) in [7, 11) is -1.23. The SMILES string of the molecule is CN/C=C(\C=N)c1ccc(C=N)c(Nc2ccnc(N3CCC(S(C)(=O)=O)CC3)c2)c1. The minimum Gasteiger partial charge on any atom is -0.393 e. The fraction of sp³-hybridized carbons (Fsp3) is 0.318. The van der Waals surface area contributed by atoms with Gasteiger partial charge in [0.05, 0.1) is 5.25 Å². The lowest BCUT2D eigenvalue weighted by Gasteiger charge is -2.32. The molecule has 0 bridgehead atoms. The van der Waals surface area contributed by atoms with Crippen molar-refractivity contribution in [1.82, 2.24) is 10.3 Å². The monoisotopic (exact) mass is 440 g/mol. The molecule has 1 aliphatic heterocycles. The molecule has 3 rings (SSSR count). The summed E-state index contributed by atoms with van der Waals surface area (Å²) in [6.45, 7) is 1.29. The first kappa shape index (κ1) is 22.5. The molecule has 4 N–H and O–H groups in total. The van der Waals surface area contributed by atoms with Crippen LogP contribution >= 0.6 is 0 Å².